The van der Waals surface area contributed by atoms with E-state index in [0.29, 0.717) is 17.2 Å². The van der Waals surface area contributed by atoms with Gasteiger partial charge < -0.3 is 10.5 Å². The number of alkyl halides is 1. The highest BCUT2D eigenvalue weighted by molar-refractivity contribution is 6.28. The minimum Gasteiger partial charge on any atom is -0.457 e. The van der Waals surface area contributed by atoms with E-state index in [4.69, 9.17) is 22.1 Å². The number of nitrogens with two attached hydrogens (primary N) is 1. The van der Waals surface area contributed by atoms with Crippen LogP contribution < -0.4 is 10.5 Å². The standard InChI is InChI=1S/C16H16ClN3O3/c1-10-3-4-11(2)15(5-10)23-14-7-12(19-16(18)9-17)6-13(8-14)20(21)22/h3-8H,9H2,1-2H3,(H2,18,19). The molecule has 6 nitrogen and oxygen atoms in total. The first-order chi connectivity index (χ1) is 10.9. The van der Waals surface area contributed by atoms with Gasteiger partial charge in [-0.05, 0) is 31.0 Å². The fourth-order valence-corrected chi connectivity index (χ4v) is 2.00. The topological polar surface area (TPSA) is 90.8 Å². The molecule has 0 amide bonds. The Morgan fingerprint density at radius 3 is 2.70 bits per heavy atom. The smallest absolute Gasteiger partial charge is 0.275 e. The van der Waals surface area contributed by atoms with E-state index >= 15 is 0 Å². The van der Waals surface area contributed by atoms with Crippen LogP contribution in [0, 0.1) is 24.0 Å². The highest BCUT2D eigenvalue weighted by atomic mass is 35.5. The van der Waals surface area contributed by atoms with Crippen LogP contribution in [-0.4, -0.2) is 16.6 Å². The summed E-state index contributed by atoms with van der Waals surface area (Å²) in [5.74, 6) is 1.15. The second-order valence-electron chi connectivity index (χ2n) is 5.05. The van der Waals surface area contributed by atoms with Crippen molar-refractivity contribution in [1.29, 1.82) is 0 Å². The molecule has 0 aromatic heterocycles. The number of nitro groups is 1. The molecule has 0 saturated heterocycles. The minimum absolute atomic E-state index is 0.0376. The minimum atomic E-state index is -0.508. The lowest BCUT2D eigenvalue weighted by atomic mass is 10.1. The number of non-ortho nitro benzene ring substituents is 1. The van der Waals surface area contributed by atoms with Gasteiger partial charge in [-0.2, -0.15) is 0 Å². The Morgan fingerprint density at radius 2 is 2.04 bits per heavy atom. The number of nitrogens with zero attached hydrogens (tertiary/aromatic N) is 2. The second kappa shape index (κ2) is 7.11. The van der Waals surface area contributed by atoms with E-state index in [0.717, 1.165) is 11.1 Å². The molecule has 0 fully saturated rings. The Morgan fingerprint density at radius 1 is 1.30 bits per heavy atom. The van der Waals surface area contributed by atoms with Crippen molar-refractivity contribution in [1.82, 2.24) is 0 Å². The van der Waals surface area contributed by atoms with Crippen LogP contribution in [0.2, 0.25) is 0 Å². The fourth-order valence-electron chi connectivity index (χ4n) is 1.94. The number of halogens is 1. The van der Waals surface area contributed by atoms with Gasteiger partial charge in [0, 0.05) is 12.1 Å². The van der Waals surface area contributed by atoms with Gasteiger partial charge in [-0.15, -0.1) is 11.6 Å². The average molecular weight is 334 g/mol. The van der Waals surface area contributed by atoms with Gasteiger partial charge in [-0.25, -0.2) is 4.99 Å². The van der Waals surface area contributed by atoms with Crippen molar-refractivity contribution in [2.75, 3.05) is 5.88 Å². The van der Waals surface area contributed by atoms with Gasteiger partial charge in [0.1, 0.15) is 17.3 Å². The molecule has 0 atom stereocenters. The molecule has 0 aliphatic carbocycles. The van der Waals surface area contributed by atoms with Crippen LogP contribution in [0.5, 0.6) is 11.5 Å². The number of hydrogen-bond donors (Lipinski definition) is 1. The summed E-state index contributed by atoms with van der Waals surface area (Å²) in [4.78, 5) is 14.6. The van der Waals surface area contributed by atoms with Gasteiger partial charge in [-0.3, -0.25) is 10.1 Å². The Kier molecular flexibility index (Phi) is 5.18. The molecule has 0 saturated carbocycles. The normalized spacial score (nSPS) is 11.3. The monoisotopic (exact) mass is 333 g/mol. The highest BCUT2D eigenvalue weighted by Gasteiger charge is 2.12. The van der Waals surface area contributed by atoms with E-state index in [9.17, 15) is 10.1 Å². The molecule has 2 aromatic carbocycles. The number of ether oxygens (including phenoxy) is 1. The molecule has 120 valence electrons. The zero-order valence-electron chi connectivity index (χ0n) is 12.7. The van der Waals surface area contributed by atoms with Gasteiger partial charge in [0.05, 0.1) is 22.6 Å². The van der Waals surface area contributed by atoms with Crippen molar-refractivity contribution in [2.24, 2.45) is 10.7 Å². The van der Waals surface area contributed by atoms with Crippen molar-refractivity contribution in [3.8, 4) is 11.5 Å². The van der Waals surface area contributed by atoms with E-state index in [1.54, 1.807) is 6.07 Å². The molecule has 2 aromatic rings. The van der Waals surface area contributed by atoms with Crippen LogP contribution in [-0.2, 0) is 0 Å². The molecule has 0 aliphatic heterocycles. The Balaban J connectivity index is 2.45. The van der Waals surface area contributed by atoms with Crippen LogP contribution in [0.4, 0.5) is 11.4 Å². The van der Waals surface area contributed by atoms with Crippen LogP contribution >= 0.6 is 11.6 Å². The van der Waals surface area contributed by atoms with Crippen molar-refractivity contribution < 1.29 is 9.66 Å². The van der Waals surface area contributed by atoms with Gasteiger partial charge in [0.15, 0.2) is 0 Å². The lowest BCUT2D eigenvalue weighted by molar-refractivity contribution is -0.384. The van der Waals surface area contributed by atoms with Crippen molar-refractivity contribution >= 4 is 28.8 Å². The Hall–Kier alpha value is -2.60. The quantitative estimate of drug-likeness (QED) is 0.291. The van der Waals surface area contributed by atoms with Crippen LogP contribution in [0.3, 0.4) is 0 Å². The molecule has 0 radical (unpaired) electrons. The Labute approximate surface area is 138 Å². The second-order valence-corrected chi connectivity index (χ2v) is 5.32. The van der Waals surface area contributed by atoms with Crippen molar-refractivity contribution in [3.63, 3.8) is 0 Å². The van der Waals surface area contributed by atoms with E-state index in [1.165, 1.54) is 12.1 Å². The van der Waals surface area contributed by atoms with Gasteiger partial charge in [0.25, 0.3) is 5.69 Å². The maximum atomic E-state index is 11.1. The van der Waals surface area contributed by atoms with Gasteiger partial charge in [-0.1, -0.05) is 12.1 Å². The number of benzene rings is 2. The SMILES string of the molecule is Cc1ccc(C)c(Oc2cc(N=C(N)CCl)cc([N+](=O)[O-])c2)c1. The predicted molar refractivity (Wildman–Crippen MR) is 91.1 cm³/mol. The van der Waals surface area contributed by atoms with Crippen LogP contribution in [0.25, 0.3) is 0 Å². The first kappa shape index (κ1) is 16.8. The number of nitro benzene ring substituents is 1. The summed E-state index contributed by atoms with van der Waals surface area (Å²) in [5.41, 5.74) is 7.72. The van der Waals surface area contributed by atoms with Crippen molar-refractivity contribution in [2.45, 2.75) is 13.8 Å². The number of aliphatic imine (C=N–C) groups is 1. The summed E-state index contributed by atoms with van der Waals surface area (Å²) < 4.78 is 5.79. The third-order valence-corrected chi connectivity index (χ3v) is 3.34. The summed E-state index contributed by atoms with van der Waals surface area (Å²) in [6, 6.07) is 9.99. The van der Waals surface area contributed by atoms with E-state index in [2.05, 4.69) is 4.99 Å². The fraction of sp³-hybridized carbons (Fsp3) is 0.188. The third-order valence-electron chi connectivity index (χ3n) is 3.07. The van der Waals surface area contributed by atoms with Crippen LogP contribution in [0.15, 0.2) is 41.4 Å². The zero-order valence-corrected chi connectivity index (χ0v) is 13.5. The maximum Gasteiger partial charge on any atom is 0.275 e. The van der Waals surface area contributed by atoms with Crippen molar-refractivity contribution in [3.05, 3.63) is 57.6 Å². The summed E-state index contributed by atoms with van der Waals surface area (Å²) in [6.07, 6.45) is 0. The van der Waals surface area contributed by atoms with Gasteiger partial charge >= 0.3 is 0 Å². The molecule has 0 heterocycles. The lowest BCUT2D eigenvalue weighted by Gasteiger charge is -2.10. The molecule has 2 N–H and O–H groups in total. The van der Waals surface area contributed by atoms with E-state index in [1.807, 2.05) is 32.0 Å². The molecule has 0 unspecified atom stereocenters. The largest absolute Gasteiger partial charge is 0.457 e. The molecule has 23 heavy (non-hydrogen) atoms. The lowest BCUT2D eigenvalue weighted by Crippen LogP contribution is -2.12. The zero-order chi connectivity index (χ0) is 17.0. The highest BCUT2D eigenvalue weighted by Crippen LogP contribution is 2.32. The number of amidine groups is 1. The summed E-state index contributed by atoms with van der Waals surface area (Å²) >= 11 is 5.59. The molecule has 0 bridgehead atoms. The van der Waals surface area contributed by atoms with E-state index < -0.39 is 4.92 Å². The number of aryl methyl sites for hydroxylation is 2. The molecule has 7 heteroatoms. The number of rotatable bonds is 5. The first-order valence-electron chi connectivity index (χ1n) is 6.82. The molecular formula is C16H16ClN3O3. The molecule has 0 aliphatic rings. The van der Waals surface area contributed by atoms with Gasteiger partial charge in [0.2, 0.25) is 0 Å². The predicted octanol–water partition coefficient (Wildman–Crippen LogP) is 4.23. The first-order valence-corrected chi connectivity index (χ1v) is 7.36. The molecule has 0 spiro atoms. The molecular weight excluding hydrogens is 318 g/mol. The number of hydrogen-bond acceptors (Lipinski definition) is 4. The average Bonchev–Trinajstić information content (AvgIpc) is 2.50. The third kappa shape index (κ3) is 4.43. The molecule has 2 rings (SSSR count). The Bertz CT molecular complexity index is 775. The summed E-state index contributed by atoms with van der Waals surface area (Å²) in [5, 5.41) is 11.1. The maximum absolute atomic E-state index is 11.1. The van der Waals surface area contributed by atoms with E-state index in [-0.39, 0.29) is 17.4 Å². The summed E-state index contributed by atoms with van der Waals surface area (Å²) in [6.45, 7) is 3.84. The van der Waals surface area contributed by atoms with Crippen LogP contribution in [0.1, 0.15) is 11.1 Å². The summed E-state index contributed by atoms with van der Waals surface area (Å²) in [7, 11) is 0.